The summed E-state index contributed by atoms with van der Waals surface area (Å²) in [4.78, 5) is 15.2. The molecule has 1 heterocycles. The molecule has 1 fully saturated rings. The number of aryl methyl sites for hydroxylation is 2. The average molecular weight is 381 g/mol. The van der Waals surface area contributed by atoms with Crippen molar-refractivity contribution >= 4 is 5.91 Å². The number of likely N-dealkylation sites (tertiary alicyclic amines) is 1. The van der Waals surface area contributed by atoms with Crippen molar-refractivity contribution in [2.24, 2.45) is 0 Å². The molecule has 0 aliphatic carbocycles. The summed E-state index contributed by atoms with van der Waals surface area (Å²) < 4.78 is 6.02. The Morgan fingerprint density at radius 3 is 2.50 bits per heavy atom. The third kappa shape index (κ3) is 5.35. The number of hydrogen-bond donors (Lipinski definition) is 1. The van der Waals surface area contributed by atoms with Crippen LogP contribution in [0.4, 0.5) is 0 Å². The standard InChI is InChI=1S/C24H32N2O2/c1-4-22(28-23-12-11-18(2)15-19(23)3)24(27)25-16-20-9-5-6-10-21(20)17-26-13-7-8-14-26/h5-6,9-12,15,22H,4,7-8,13-14,16-17H2,1-3H3,(H,25,27)/t22-/m1/s1. The predicted octanol–water partition coefficient (Wildman–Crippen LogP) is 4.37. The summed E-state index contributed by atoms with van der Waals surface area (Å²) in [5, 5.41) is 3.08. The van der Waals surface area contributed by atoms with Gasteiger partial charge in [-0.1, -0.05) is 48.9 Å². The first-order valence-electron chi connectivity index (χ1n) is 10.4. The molecule has 4 nitrogen and oxygen atoms in total. The van der Waals surface area contributed by atoms with Crippen molar-refractivity contribution in [3.05, 3.63) is 64.7 Å². The molecule has 1 aliphatic rings. The fourth-order valence-electron chi connectivity index (χ4n) is 3.77. The number of nitrogens with zero attached hydrogens (tertiary/aromatic N) is 1. The van der Waals surface area contributed by atoms with Crippen LogP contribution >= 0.6 is 0 Å². The van der Waals surface area contributed by atoms with Gasteiger partial charge in [-0.2, -0.15) is 0 Å². The molecule has 3 rings (SSSR count). The molecule has 0 radical (unpaired) electrons. The Labute approximate surface area is 168 Å². The van der Waals surface area contributed by atoms with Gasteiger partial charge in [0.25, 0.3) is 5.91 Å². The first-order chi connectivity index (χ1) is 13.6. The highest BCUT2D eigenvalue weighted by Gasteiger charge is 2.20. The molecule has 28 heavy (non-hydrogen) atoms. The smallest absolute Gasteiger partial charge is 0.261 e. The Morgan fingerprint density at radius 2 is 1.82 bits per heavy atom. The first-order valence-corrected chi connectivity index (χ1v) is 10.4. The van der Waals surface area contributed by atoms with E-state index in [2.05, 4.69) is 41.4 Å². The molecule has 1 saturated heterocycles. The molecule has 2 aromatic carbocycles. The van der Waals surface area contributed by atoms with Gasteiger partial charge in [0.05, 0.1) is 0 Å². The maximum atomic E-state index is 12.7. The van der Waals surface area contributed by atoms with Gasteiger partial charge in [0.1, 0.15) is 5.75 Å². The van der Waals surface area contributed by atoms with E-state index in [1.807, 2.05) is 32.0 Å². The number of rotatable bonds is 8. The lowest BCUT2D eigenvalue weighted by Crippen LogP contribution is -2.38. The van der Waals surface area contributed by atoms with E-state index >= 15 is 0 Å². The minimum atomic E-state index is -0.479. The maximum Gasteiger partial charge on any atom is 0.261 e. The summed E-state index contributed by atoms with van der Waals surface area (Å²) in [5.41, 5.74) is 4.73. The number of carbonyl (C=O) groups excluding carboxylic acids is 1. The van der Waals surface area contributed by atoms with Crippen LogP contribution in [0.3, 0.4) is 0 Å². The fourth-order valence-corrected chi connectivity index (χ4v) is 3.77. The van der Waals surface area contributed by atoms with E-state index in [-0.39, 0.29) is 5.91 Å². The minimum absolute atomic E-state index is 0.0570. The normalized spacial score (nSPS) is 15.4. The lowest BCUT2D eigenvalue weighted by Gasteiger charge is -2.20. The highest BCUT2D eigenvalue weighted by atomic mass is 16.5. The summed E-state index contributed by atoms with van der Waals surface area (Å²) in [6.45, 7) is 9.89. The Morgan fingerprint density at radius 1 is 1.11 bits per heavy atom. The quantitative estimate of drug-likeness (QED) is 0.739. The van der Waals surface area contributed by atoms with Crippen LogP contribution in [0.5, 0.6) is 5.75 Å². The molecule has 0 saturated carbocycles. The summed E-state index contributed by atoms with van der Waals surface area (Å²) in [6, 6.07) is 14.4. The zero-order valence-corrected chi connectivity index (χ0v) is 17.3. The predicted molar refractivity (Wildman–Crippen MR) is 113 cm³/mol. The van der Waals surface area contributed by atoms with Gasteiger partial charge in [0.2, 0.25) is 0 Å². The number of carbonyl (C=O) groups is 1. The Balaban J connectivity index is 1.60. The van der Waals surface area contributed by atoms with Crippen LogP contribution in [-0.2, 0) is 17.9 Å². The zero-order valence-electron chi connectivity index (χ0n) is 17.3. The summed E-state index contributed by atoms with van der Waals surface area (Å²) in [7, 11) is 0. The van der Waals surface area contributed by atoms with E-state index in [1.165, 1.54) is 42.6 Å². The molecule has 0 bridgehead atoms. The number of hydrogen-bond acceptors (Lipinski definition) is 3. The minimum Gasteiger partial charge on any atom is -0.480 e. The van der Waals surface area contributed by atoms with Crippen LogP contribution < -0.4 is 10.1 Å². The van der Waals surface area contributed by atoms with Crippen molar-refractivity contribution in [2.75, 3.05) is 13.1 Å². The van der Waals surface area contributed by atoms with Gasteiger partial charge in [-0.05, 0) is 69.0 Å². The van der Waals surface area contributed by atoms with Gasteiger partial charge in [-0.3, -0.25) is 9.69 Å². The zero-order chi connectivity index (χ0) is 19.9. The lowest BCUT2D eigenvalue weighted by molar-refractivity contribution is -0.128. The van der Waals surface area contributed by atoms with Gasteiger partial charge in [0, 0.05) is 13.1 Å². The molecule has 0 spiro atoms. The molecule has 1 N–H and O–H groups in total. The van der Waals surface area contributed by atoms with Crippen molar-refractivity contribution in [1.82, 2.24) is 10.2 Å². The van der Waals surface area contributed by atoms with E-state index in [4.69, 9.17) is 4.74 Å². The van der Waals surface area contributed by atoms with Crippen molar-refractivity contribution in [3.63, 3.8) is 0 Å². The molecule has 0 aromatic heterocycles. The second-order valence-corrected chi connectivity index (χ2v) is 7.75. The van der Waals surface area contributed by atoms with Gasteiger partial charge in [-0.25, -0.2) is 0 Å². The molecule has 0 unspecified atom stereocenters. The van der Waals surface area contributed by atoms with Crippen molar-refractivity contribution in [1.29, 1.82) is 0 Å². The number of nitrogens with one attached hydrogen (secondary N) is 1. The second-order valence-electron chi connectivity index (χ2n) is 7.75. The highest BCUT2D eigenvalue weighted by Crippen LogP contribution is 2.21. The summed E-state index contributed by atoms with van der Waals surface area (Å²) in [5.74, 6) is 0.723. The molecule has 150 valence electrons. The first kappa shape index (κ1) is 20.4. The van der Waals surface area contributed by atoms with Crippen LogP contribution in [0.15, 0.2) is 42.5 Å². The molecule has 1 amide bonds. The summed E-state index contributed by atoms with van der Waals surface area (Å²) >= 11 is 0. The molecular weight excluding hydrogens is 348 g/mol. The van der Waals surface area contributed by atoms with Gasteiger partial charge < -0.3 is 10.1 Å². The van der Waals surface area contributed by atoms with E-state index in [9.17, 15) is 4.79 Å². The SMILES string of the molecule is CC[C@@H](Oc1ccc(C)cc1C)C(=O)NCc1ccccc1CN1CCCC1. The molecule has 2 aromatic rings. The summed E-state index contributed by atoms with van der Waals surface area (Å²) in [6.07, 6.45) is 2.72. The van der Waals surface area contributed by atoms with Gasteiger partial charge in [-0.15, -0.1) is 0 Å². The van der Waals surface area contributed by atoms with Crippen LogP contribution in [-0.4, -0.2) is 30.0 Å². The van der Waals surface area contributed by atoms with E-state index in [0.717, 1.165) is 17.9 Å². The number of benzene rings is 2. The third-order valence-corrected chi connectivity index (χ3v) is 5.43. The Bertz CT molecular complexity index is 797. The lowest BCUT2D eigenvalue weighted by atomic mass is 10.1. The Hall–Kier alpha value is -2.33. The van der Waals surface area contributed by atoms with Crippen molar-refractivity contribution in [3.8, 4) is 5.75 Å². The van der Waals surface area contributed by atoms with Crippen LogP contribution in [0.25, 0.3) is 0 Å². The topological polar surface area (TPSA) is 41.6 Å². The Kier molecular flexibility index (Phi) is 7.10. The maximum absolute atomic E-state index is 12.7. The number of ether oxygens (including phenoxy) is 1. The average Bonchev–Trinajstić information content (AvgIpc) is 3.19. The number of amides is 1. The second kappa shape index (κ2) is 9.74. The van der Waals surface area contributed by atoms with Crippen LogP contribution in [0.2, 0.25) is 0 Å². The van der Waals surface area contributed by atoms with E-state index in [1.54, 1.807) is 0 Å². The monoisotopic (exact) mass is 380 g/mol. The highest BCUT2D eigenvalue weighted by molar-refractivity contribution is 5.81. The third-order valence-electron chi connectivity index (χ3n) is 5.43. The van der Waals surface area contributed by atoms with Crippen LogP contribution in [0, 0.1) is 13.8 Å². The fraction of sp³-hybridized carbons (Fsp3) is 0.458. The van der Waals surface area contributed by atoms with Crippen molar-refractivity contribution in [2.45, 2.75) is 59.2 Å². The van der Waals surface area contributed by atoms with E-state index < -0.39 is 6.10 Å². The molecule has 1 atom stereocenters. The van der Waals surface area contributed by atoms with Crippen LogP contribution in [0.1, 0.15) is 48.4 Å². The largest absolute Gasteiger partial charge is 0.480 e. The molecule has 4 heteroatoms. The molecule has 1 aliphatic heterocycles. The van der Waals surface area contributed by atoms with Gasteiger partial charge in [0.15, 0.2) is 6.10 Å². The molecular formula is C24H32N2O2. The van der Waals surface area contributed by atoms with Gasteiger partial charge >= 0.3 is 0 Å². The van der Waals surface area contributed by atoms with E-state index in [0.29, 0.717) is 13.0 Å². The van der Waals surface area contributed by atoms with Crippen molar-refractivity contribution < 1.29 is 9.53 Å².